The predicted octanol–water partition coefficient (Wildman–Crippen LogP) is 1.74. The van der Waals surface area contributed by atoms with Gasteiger partial charge in [0.15, 0.2) is 0 Å². The van der Waals surface area contributed by atoms with Crippen LogP contribution in [0.1, 0.15) is 36.0 Å². The quantitative estimate of drug-likeness (QED) is 0.836. The summed E-state index contributed by atoms with van der Waals surface area (Å²) in [7, 11) is -3.73. The minimum Gasteiger partial charge on any atom is -0.462 e. The van der Waals surface area contributed by atoms with Crippen molar-refractivity contribution in [3.05, 3.63) is 17.0 Å². The Hall–Kier alpha value is -0.920. The van der Waals surface area contributed by atoms with Gasteiger partial charge in [-0.15, -0.1) is 11.3 Å². The summed E-state index contributed by atoms with van der Waals surface area (Å²) in [5.41, 5.74) is 0.248. The Morgan fingerprint density at radius 3 is 2.72 bits per heavy atom. The number of esters is 1. The average molecular weight is 289 g/mol. The molecule has 1 aliphatic carbocycles. The lowest BCUT2D eigenvalue weighted by Crippen LogP contribution is -2.15. The van der Waals surface area contributed by atoms with Crippen LogP contribution in [0.25, 0.3) is 0 Å². The minimum absolute atomic E-state index is 0.0200. The lowest BCUT2D eigenvalue weighted by molar-refractivity contribution is 0.0465. The number of carbonyl (C=O) groups is 1. The topological polar surface area (TPSA) is 86.5 Å². The maximum atomic E-state index is 11.6. The third-order valence-electron chi connectivity index (χ3n) is 3.08. The van der Waals surface area contributed by atoms with E-state index in [1.165, 1.54) is 30.7 Å². The van der Waals surface area contributed by atoms with Crippen molar-refractivity contribution in [3.63, 3.8) is 0 Å². The van der Waals surface area contributed by atoms with Gasteiger partial charge < -0.3 is 4.74 Å². The fourth-order valence-corrected chi connectivity index (χ4v) is 3.33. The van der Waals surface area contributed by atoms with Crippen LogP contribution in [-0.4, -0.2) is 21.0 Å². The lowest BCUT2D eigenvalue weighted by Gasteiger charge is -2.24. The number of carbonyl (C=O) groups excluding carboxylic acids is 1. The van der Waals surface area contributed by atoms with E-state index in [-0.39, 0.29) is 9.77 Å². The molecule has 1 fully saturated rings. The van der Waals surface area contributed by atoms with Gasteiger partial charge in [0.25, 0.3) is 0 Å². The Morgan fingerprint density at radius 2 is 2.22 bits per heavy atom. The summed E-state index contributed by atoms with van der Waals surface area (Å²) < 4.78 is 27.2. The molecule has 1 aromatic rings. The first-order valence-electron chi connectivity index (χ1n) is 5.75. The van der Waals surface area contributed by atoms with Crippen molar-refractivity contribution in [2.24, 2.45) is 11.1 Å². The number of nitrogens with two attached hydrogens (primary N) is 1. The summed E-state index contributed by atoms with van der Waals surface area (Å²) in [6, 6.07) is 1.26. The number of primary sulfonamides is 1. The molecule has 0 unspecified atom stereocenters. The van der Waals surface area contributed by atoms with Gasteiger partial charge in [0.1, 0.15) is 4.21 Å². The highest BCUT2D eigenvalue weighted by atomic mass is 32.2. The van der Waals surface area contributed by atoms with E-state index in [0.29, 0.717) is 12.5 Å². The van der Waals surface area contributed by atoms with Gasteiger partial charge in [-0.3, -0.25) is 0 Å². The number of hydrogen-bond acceptors (Lipinski definition) is 5. The van der Waals surface area contributed by atoms with Crippen molar-refractivity contribution < 1.29 is 17.9 Å². The molecular weight excluding hydrogens is 274 g/mol. The summed E-state index contributed by atoms with van der Waals surface area (Å²) in [4.78, 5) is 11.6. The van der Waals surface area contributed by atoms with Gasteiger partial charge in [-0.1, -0.05) is 19.3 Å². The van der Waals surface area contributed by atoms with Crippen LogP contribution in [0.5, 0.6) is 0 Å². The Kier molecular flexibility index (Phi) is 4.04. The van der Waals surface area contributed by atoms with E-state index in [0.717, 1.165) is 17.8 Å². The molecule has 0 spiro atoms. The van der Waals surface area contributed by atoms with Crippen LogP contribution in [0.4, 0.5) is 0 Å². The molecule has 2 rings (SSSR count). The van der Waals surface area contributed by atoms with Gasteiger partial charge in [0, 0.05) is 5.38 Å². The second-order valence-corrected chi connectivity index (χ2v) is 7.12. The molecule has 100 valence electrons. The lowest BCUT2D eigenvalue weighted by atomic mass is 9.83. The van der Waals surface area contributed by atoms with Gasteiger partial charge in [0.2, 0.25) is 10.0 Å². The molecule has 18 heavy (non-hydrogen) atoms. The van der Waals surface area contributed by atoms with Gasteiger partial charge >= 0.3 is 5.97 Å². The summed E-state index contributed by atoms with van der Waals surface area (Å²) in [5, 5.41) is 6.42. The molecule has 1 aliphatic rings. The van der Waals surface area contributed by atoms with Crippen LogP contribution >= 0.6 is 11.3 Å². The Morgan fingerprint density at radius 1 is 1.50 bits per heavy atom. The minimum atomic E-state index is -3.73. The Bertz CT molecular complexity index is 531. The van der Waals surface area contributed by atoms with E-state index in [9.17, 15) is 13.2 Å². The molecule has 5 nitrogen and oxygen atoms in total. The average Bonchev–Trinajstić information content (AvgIpc) is 2.69. The molecule has 0 amide bonds. The number of thiophene rings is 1. The van der Waals surface area contributed by atoms with Crippen molar-refractivity contribution in [2.75, 3.05) is 6.61 Å². The van der Waals surface area contributed by atoms with Gasteiger partial charge in [0.05, 0.1) is 12.2 Å². The van der Waals surface area contributed by atoms with Gasteiger partial charge in [-0.05, 0) is 18.4 Å². The van der Waals surface area contributed by atoms with Gasteiger partial charge in [-0.2, -0.15) is 0 Å². The zero-order valence-electron chi connectivity index (χ0n) is 9.79. The van der Waals surface area contributed by atoms with Crippen molar-refractivity contribution in [3.8, 4) is 0 Å². The van der Waals surface area contributed by atoms with Crippen molar-refractivity contribution in [1.82, 2.24) is 0 Å². The molecule has 0 saturated heterocycles. The summed E-state index contributed by atoms with van der Waals surface area (Å²) in [6.07, 6.45) is 4.58. The highest BCUT2D eigenvalue weighted by Gasteiger charge is 2.19. The molecule has 2 N–H and O–H groups in total. The Labute approximate surface area is 110 Å². The van der Waals surface area contributed by atoms with E-state index in [2.05, 4.69) is 0 Å². The summed E-state index contributed by atoms with van der Waals surface area (Å²) in [5.74, 6) is 0.195. The standard InChI is InChI=1S/C11H15NO4S2/c12-18(14,15)10-6-9(7-17-10)11(13)16-5-4-8-2-1-3-8/h6-8H,1-5H2,(H2,12,14,15). The van der Waals surface area contributed by atoms with Crippen LogP contribution < -0.4 is 5.14 Å². The largest absolute Gasteiger partial charge is 0.462 e. The maximum Gasteiger partial charge on any atom is 0.339 e. The van der Waals surface area contributed by atoms with Crippen molar-refractivity contribution in [1.29, 1.82) is 0 Å². The van der Waals surface area contributed by atoms with E-state index in [1.807, 2.05) is 0 Å². The number of hydrogen-bond donors (Lipinski definition) is 1. The molecule has 0 radical (unpaired) electrons. The third-order valence-corrected chi connectivity index (χ3v) is 5.46. The SMILES string of the molecule is NS(=O)(=O)c1cc(C(=O)OCCC2CCC2)cs1. The van der Waals surface area contributed by atoms with Gasteiger partial charge in [-0.25, -0.2) is 18.4 Å². The van der Waals surface area contributed by atoms with Crippen LogP contribution in [0.3, 0.4) is 0 Å². The van der Waals surface area contributed by atoms with E-state index in [1.54, 1.807) is 0 Å². The van der Waals surface area contributed by atoms with Crippen LogP contribution in [0.15, 0.2) is 15.7 Å². The first-order valence-corrected chi connectivity index (χ1v) is 8.18. The molecule has 1 aromatic heterocycles. The van der Waals surface area contributed by atoms with E-state index < -0.39 is 16.0 Å². The van der Waals surface area contributed by atoms with Crippen molar-refractivity contribution in [2.45, 2.75) is 29.9 Å². The van der Waals surface area contributed by atoms with Crippen LogP contribution in [-0.2, 0) is 14.8 Å². The highest BCUT2D eigenvalue weighted by molar-refractivity contribution is 7.91. The van der Waals surface area contributed by atoms with Crippen LogP contribution in [0.2, 0.25) is 0 Å². The predicted molar refractivity (Wildman–Crippen MR) is 67.9 cm³/mol. The number of ether oxygens (including phenoxy) is 1. The molecule has 0 aliphatic heterocycles. The van der Waals surface area contributed by atoms with Crippen molar-refractivity contribution >= 4 is 27.3 Å². The summed E-state index contributed by atoms with van der Waals surface area (Å²) in [6.45, 7) is 0.393. The molecule has 1 saturated carbocycles. The second-order valence-electron chi connectivity index (χ2n) is 4.42. The normalized spacial score (nSPS) is 16.3. The maximum absolute atomic E-state index is 11.6. The highest BCUT2D eigenvalue weighted by Crippen LogP contribution is 2.29. The third kappa shape index (κ3) is 3.30. The molecular formula is C11H15NO4S2. The zero-order valence-corrected chi connectivity index (χ0v) is 11.4. The first kappa shape index (κ1) is 13.5. The first-order chi connectivity index (χ1) is 8.47. The smallest absolute Gasteiger partial charge is 0.339 e. The van der Waals surface area contributed by atoms with E-state index >= 15 is 0 Å². The number of sulfonamides is 1. The zero-order chi connectivity index (χ0) is 13.2. The molecule has 0 bridgehead atoms. The number of rotatable bonds is 5. The second kappa shape index (κ2) is 5.38. The van der Waals surface area contributed by atoms with E-state index in [4.69, 9.17) is 9.88 Å². The fraction of sp³-hybridized carbons (Fsp3) is 0.545. The fourth-order valence-electron chi connectivity index (χ4n) is 1.76. The molecule has 7 heteroatoms. The summed E-state index contributed by atoms with van der Waals surface area (Å²) >= 11 is 0.926. The molecule has 0 aromatic carbocycles. The van der Waals surface area contributed by atoms with Crippen LogP contribution in [0, 0.1) is 5.92 Å². The molecule has 1 heterocycles. The molecule has 0 atom stereocenters. The monoisotopic (exact) mass is 289 g/mol. The Balaban J connectivity index is 1.86.